The van der Waals surface area contributed by atoms with Crippen LogP contribution in [0.15, 0.2) is 47.5 Å². The van der Waals surface area contributed by atoms with Crippen molar-refractivity contribution in [3.05, 3.63) is 53.9 Å². The molecule has 1 atom stereocenters. The molecule has 1 aliphatic rings. The highest BCUT2D eigenvalue weighted by Gasteiger charge is 2.29. The van der Waals surface area contributed by atoms with E-state index in [-0.39, 0.29) is 11.8 Å². The van der Waals surface area contributed by atoms with Gasteiger partial charge in [0.1, 0.15) is 0 Å². The molecule has 2 heterocycles. The van der Waals surface area contributed by atoms with Crippen molar-refractivity contribution in [3.8, 4) is 0 Å². The maximum absolute atomic E-state index is 12.1. The van der Waals surface area contributed by atoms with E-state index in [2.05, 4.69) is 10.3 Å². The molecule has 0 radical (unpaired) electrons. The molecule has 1 aliphatic heterocycles. The van der Waals surface area contributed by atoms with Gasteiger partial charge in [0.15, 0.2) is 9.84 Å². The summed E-state index contributed by atoms with van der Waals surface area (Å²) in [7, 11) is -3.13. The predicted molar refractivity (Wildman–Crippen MR) is 78.4 cm³/mol. The Bertz CT molecular complexity index is 741. The Kier molecular flexibility index (Phi) is 3.22. The summed E-state index contributed by atoms with van der Waals surface area (Å²) < 4.78 is 24.2. The number of hydrogen-bond donors (Lipinski definition) is 1. The van der Waals surface area contributed by atoms with Crippen LogP contribution in [0.2, 0.25) is 0 Å². The van der Waals surface area contributed by atoms with Gasteiger partial charge in [0.2, 0.25) is 0 Å². The number of aryl methyl sites for hydroxylation is 1. The molecule has 3 rings (SSSR count). The number of hydrogen-bond acceptors (Lipinski definition) is 4. The van der Waals surface area contributed by atoms with E-state index in [0.717, 1.165) is 16.9 Å². The molecule has 0 spiro atoms. The lowest BCUT2D eigenvalue weighted by molar-refractivity contribution is 0.576. The average Bonchev–Trinajstić information content (AvgIpc) is 2.44. The first-order valence-corrected chi connectivity index (χ1v) is 8.23. The lowest BCUT2D eigenvalue weighted by atomic mass is 10.0. The minimum atomic E-state index is -3.13. The van der Waals surface area contributed by atoms with Crippen molar-refractivity contribution in [2.45, 2.75) is 24.3 Å². The summed E-state index contributed by atoms with van der Waals surface area (Å²) in [4.78, 5) is 4.70. The summed E-state index contributed by atoms with van der Waals surface area (Å²) >= 11 is 0. The SMILES string of the molecule is Cc1ncccc1NC1CCS(=O)(=O)c2ccccc21. The minimum absolute atomic E-state index is 0.0117. The van der Waals surface area contributed by atoms with E-state index in [1.54, 1.807) is 18.3 Å². The standard InChI is InChI=1S/C15H16N2O2S/c1-11-13(6-4-9-16-11)17-14-8-10-20(18,19)15-7-3-2-5-12(14)15/h2-7,9,14,17H,8,10H2,1H3. The summed E-state index contributed by atoms with van der Waals surface area (Å²) in [5.74, 6) is 0.182. The van der Waals surface area contributed by atoms with Crippen LogP contribution in [0.1, 0.15) is 23.7 Å². The molecule has 4 nitrogen and oxygen atoms in total. The van der Waals surface area contributed by atoms with E-state index in [9.17, 15) is 8.42 Å². The smallest absolute Gasteiger partial charge is 0.178 e. The van der Waals surface area contributed by atoms with Gasteiger partial charge in [-0.25, -0.2) is 8.42 Å². The van der Waals surface area contributed by atoms with Gasteiger partial charge < -0.3 is 5.32 Å². The summed E-state index contributed by atoms with van der Waals surface area (Å²) in [5, 5.41) is 3.42. The van der Waals surface area contributed by atoms with Gasteiger partial charge in [-0.05, 0) is 37.1 Å². The van der Waals surface area contributed by atoms with Crippen LogP contribution in [0.25, 0.3) is 0 Å². The average molecular weight is 288 g/mol. The number of pyridine rings is 1. The van der Waals surface area contributed by atoms with Crippen LogP contribution in [-0.2, 0) is 9.84 Å². The van der Waals surface area contributed by atoms with E-state index in [1.807, 2.05) is 31.2 Å². The van der Waals surface area contributed by atoms with Gasteiger partial charge in [0.25, 0.3) is 0 Å². The van der Waals surface area contributed by atoms with Gasteiger partial charge in [-0.1, -0.05) is 18.2 Å². The van der Waals surface area contributed by atoms with Crippen molar-refractivity contribution in [1.29, 1.82) is 0 Å². The number of sulfone groups is 1. The number of aromatic nitrogens is 1. The second-order valence-electron chi connectivity index (χ2n) is 4.98. The van der Waals surface area contributed by atoms with Crippen LogP contribution < -0.4 is 5.32 Å². The normalized spacial score (nSPS) is 20.1. The summed E-state index contributed by atoms with van der Waals surface area (Å²) in [6, 6.07) is 11.1. The molecule has 1 unspecified atom stereocenters. The van der Waals surface area contributed by atoms with Gasteiger partial charge in [0.05, 0.1) is 28.1 Å². The van der Waals surface area contributed by atoms with Gasteiger partial charge in [-0.3, -0.25) is 4.98 Å². The third kappa shape index (κ3) is 2.29. The minimum Gasteiger partial charge on any atom is -0.377 e. The predicted octanol–water partition coefficient (Wildman–Crippen LogP) is 2.72. The van der Waals surface area contributed by atoms with Gasteiger partial charge in [-0.15, -0.1) is 0 Å². The molecule has 1 aromatic carbocycles. The van der Waals surface area contributed by atoms with E-state index >= 15 is 0 Å². The van der Waals surface area contributed by atoms with E-state index in [4.69, 9.17) is 0 Å². The fourth-order valence-electron chi connectivity index (χ4n) is 2.56. The largest absolute Gasteiger partial charge is 0.377 e. The third-order valence-corrected chi connectivity index (χ3v) is 5.46. The molecule has 0 amide bonds. The number of benzene rings is 1. The van der Waals surface area contributed by atoms with Crippen molar-refractivity contribution in [2.24, 2.45) is 0 Å². The molecule has 1 aromatic heterocycles. The van der Waals surface area contributed by atoms with Gasteiger partial charge >= 0.3 is 0 Å². The van der Waals surface area contributed by atoms with Crippen LogP contribution in [0, 0.1) is 6.92 Å². The number of nitrogens with zero attached hydrogens (tertiary/aromatic N) is 1. The zero-order chi connectivity index (χ0) is 14.2. The van der Waals surface area contributed by atoms with E-state index in [1.165, 1.54) is 0 Å². The Morgan fingerprint density at radius 3 is 2.80 bits per heavy atom. The number of rotatable bonds is 2. The molecule has 1 N–H and O–H groups in total. The monoisotopic (exact) mass is 288 g/mol. The molecule has 0 saturated heterocycles. The molecule has 0 bridgehead atoms. The highest BCUT2D eigenvalue weighted by molar-refractivity contribution is 7.91. The fraction of sp³-hybridized carbons (Fsp3) is 0.267. The van der Waals surface area contributed by atoms with Crippen LogP contribution in [0.3, 0.4) is 0 Å². The molecule has 20 heavy (non-hydrogen) atoms. The van der Waals surface area contributed by atoms with Crippen LogP contribution in [0.5, 0.6) is 0 Å². The second kappa shape index (κ2) is 4.90. The summed E-state index contributed by atoms with van der Waals surface area (Å²) in [6.45, 7) is 1.94. The highest BCUT2D eigenvalue weighted by Crippen LogP contribution is 2.34. The Morgan fingerprint density at radius 2 is 2.00 bits per heavy atom. The Hall–Kier alpha value is -1.88. The number of nitrogens with one attached hydrogen (secondary N) is 1. The second-order valence-corrected chi connectivity index (χ2v) is 7.06. The first kappa shape index (κ1) is 13.1. The van der Waals surface area contributed by atoms with Crippen molar-refractivity contribution in [2.75, 3.05) is 11.1 Å². The summed E-state index contributed by atoms with van der Waals surface area (Å²) in [5.41, 5.74) is 2.71. The first-order valence-electron chi connectivity index (χ1n) is 6.58. The number of fused-ring (bicyclic) bond motifs is 1. The maximum atomic E-state index is 12.1. The van der Waals surface area contributed by atoms with Crippen molar-refractivity contribution in [3.63, 3.8) is 0 Å². The van der Waals surface area contributed by atoms with Crippen molar-refractivity contribution in [1.82, 2.24) is 4.98 Å². The molecular formula is C15H16N2O2S. The topological polar surface area (TPSA) is 59.1 Å². The molecule has 104 valence electrons. The Morgan fingerprint density at radius 1 is 1.20 bits per heavy atom. The fourth-order valence-corrected chi connectivity index (χ4v) is 4.19. The first-order chi connectivity index (χ1) is 9.58. The molecule has 0 aliphatic carbocycles. The van der Waals surface area contributed by atoms with E-state index in [0.29, 0.717) is 11.3 Å². The maximum Gasteiger partial charge on any atom is 0.178 e. The lowest BCUT2D eigenvalue weighted by Gasteiger charge is -2.27. The van der Waals surface area contributed by atoms with Crippen molar-refractivity contribution >= 4 is 15.5 Å². The lowest BCUT2D eigenvalue weighted by Crippen LogP contribution is -2.24. The van der Waals surface area contributed by atoms with E-state index < -0.39 is 9.84 Å². The number of anilines is 1. The van der Waals surface area contributed by atoms with Crippen LogP contribution in [0.4, 0.5) is 5.69 Å². The third-order valence-electron chi connectivity index (χ3n) is 3.64. The quantitative estimate of drug-likeness (QED) is 0.923. The highest BCUT2D eigenvalue weighted by atomic mass is 32.2. The van der Waals surface area contributed by atoms with Crippen LogP contribution >= 0.6 is 0 Å². The zero-order valence-corrected chi connectivity index (χ0v) is 12.0. The molecule has 0 saturated carbocycles. The molecule has 2 aromatic rings. The molecule has 0 fully saturated rings. The molecular weight excluding hydrogens is 272 g/mol. The van der Waals surface area contributed by atoms with Gasteiger partial charge in [-0.2, -0.15) is 0 Å². The molecule has 5 heteroatoms. The van der Waals surface area contributed by atoms with Gasteiger partial charge in [0, 0.05) is 6.20 Å². The summed E-state index contributed by atoms with van der Waals surface area (Å²) in [6.07, 6.45) is 2.33. The van der Waals surface area contributed by atoms with Crippen molar-refractivity contribution < 1.29 is 8.42 Å². The zero-order valence-electron chi connectivity index (χ0n) is 11.2. The van der Waals surface area contributed by atoms with Crippen LogP contribution in [-0.4, -0.2) is 19.2 Å². The Labute approximate surface area is 118 Å². The Balaban J connectivity index is 1.99.